The highest BCUT2D eigenvalue weighted by Crippen LogP contribution is 2.69. The van der Waals surface area contributed by atoms with Gasteiger partial charge in [0.05, 0.1) is 27.7 Å². The topological polar surface area (TPSA) is 135 Å². The Bertz CT molecular complexity index is 387. The predicted molar refractivity (Wildman–Crippen MR) is 79.6 cm³/mol. The van der Waals surface area contributed by atoms with E-state index in [1.807, 2.05) is 0 Å². The summed E-state index contributed by atoms with van der Waals surface area (Å²) in [6, 6.07) is 0. The van der Waals surface area contributed by atoms with Crippen LogP contribution < -0.4 is 0 Å². The van der Waals surface area contributed by atoms with Crippen molar-refractivity contribution in [3.8, 4) is 0 Å². The molecule has 0 unspecified atom stereocenters. The normalized spacial score (nSPS) is 14.5. The molecule has 8 nitrogen and oxygen atoms in total. The molecule has 0 spiro atoms. The van der Waals surface area contributed by atoms with Crippen LogP contribution in [-0.2, 0) is 9.13 Å². The van der Waals surface area contributed by atoms with E-state index in [0.717, 1.165) is 30.3 Å². The summed E-state index contributed by atoms with van der Waals surface area (Å²) in [6.45, 7) is 1.01. The second-order valence-corrected chi connectivity index (χ2v) is 10.4. The Morgan fingerprint density at radius 1 is 0.810 bits per heavy atom. The maximum atomic E-state index is 11.1. The lowest BCUT2D eigenvalue weighted by atomic mass is 10.1. The van der Waals surface area contributed by atoms with Crippen molar-refractivity contribution >= 4 is 15.2 Å². The Hall–Kier alpha value is 0.220. The van der Waals surface area contributed by atoms with Crippen LogP contribution in [0.2, 0.25) is 0 Å². The molecule has 0 aliphatic heterocycles. The summed E-state index contributed by atoms with van der Waals surface area (Å²) in [5.74, 6) is 0. The molecule has 0 rings (SSSR count). The van der Waals surface area contributed by atoms with E-state index in [4.69, 9.17) is 19.6 Å². The maximum absolute atomic E-state index is 11.1. The van der Waals surface area contributed by atoms with Crippen LogP contribution in [0.4, 0.5) is 0 Å². The van der Waals surface area contributed by atoms with Crippen molar-refractivity contribution in [2.45, 2.75) is 43.6 Å². The van der Waals surface area contributed by atoms with Gasteiger partial charge in [0, 0.05) is 0 Å². The smallest absolute Gasteiger partial charge is 0.368 e. The SMILES string of the molecule is C[N+](C)(C)CCCCCCCC(O)(P(=O)(O)O)P(=O)(O)O. The number of hydrogen-bond acceptors (Lipinski definition) is 3. The first-order valence-corrected chi connectivity index (χ1v) is 10.1. The molecule has 0 aromatic heterocycles. The molecule has 128 valence electrons. The van der Waals surface area contributed by atoms with Gasteiger partial charge >= 0.3 is 15.2 Å². The lowest BCUT2D eigenvalue weighted by Gasteiger charge is -2.29. The molecule has 0 aromatic rings. The third kappa shape index (κ3) is 7.35. The van der Waals surface area contributed by atoms with Crippen LogP contribution in [0.25, 0.3) is 0 Å². The fourth-order valence-corrected chi connectivity index (χ4v) is 4.20. The molecule has 0 heterocycles. The standard InChI is InChI=1S/C11H27NO7P2/c1-12(2,3)10-8-6-4-5-7-9-11(13,20(14,15)16)21(17,18)19/h13H,4-10H2,1-3H3,(H3-,14,15,16,17,18,19)/p+1. The van der Waals surface area contributed by atoms with E-state index in [1.54, 1.807) is 0 Å². The van der Waals surface area contributed by atoms with E-state index in [9.17, 15) is 14.2 Å². The molecule has 0 amide bonds. The molecule has 0 saturated carbocycles. The molecule has 0 fully saturated rings. The third-order valence-electron chi connectivity index (χ3n) is 3.27. The summed E-state index contributed by atoms with van der Waals surface area (Å²) in [7, 11) is -4.36. The summed E-state index contributed by atoms with van der Waals surface area (Å²) in [6.07, 6.45) is 2.82. The largest absolute Gasteiger partial charge is 0.369 e. The van der Waals surface area contributed by atoms with E-state index >= 15 is 0 Å². The van der Waals surface area contributed by atoms with Crippen molar-refractivity contribution in [1.82, 2.24) is 0 Å². The van der Waals surface area contributed by atoms with Gasteiger partial charge in [0.25, 0.3) is 5.08 Å². The Kier molecular flexibility index (Phi) is 7.74. The second kappa shape index (κ2) is 7.66. The van der Waals surface area contributed by atoms with Gasteiger partial charge in [-0.25, -0.2) is 0 Å². The molecule has 0 saturated heterocycles. The first kappa shape index (κ1) is 21.2. The molecule has 0 atom stereocenters. The van der Waals surface area contributed by atoms with Crippen molar-refractivity contribution in [3.63, 3.8) is 0 Å². The van der Waals surface area contributed by atoms with E-state index in [0.29, 0.717) is 6.42 Å². The molecule has 0 radical (unpaired) electrons. The monoisotopic (exact) mass is 348 g/mol. The maximum Gasteiger partial charge on any atom is 0.369 e. The quantitative estimate of drug-likeness (QED) is 0.226. The minimum absolute atomic E-state index is 0.150. The van der Waals surface area contributed by atoms with Crippen molar-refractivity contribution < 1.29 is 38.3 Å². The number of quaternary nitrogens is 1. The van der Waals surface area contributed by atoms with E-state index in [1.165, 1.54) is 0 Å². The van der Waals surface area contributed by atoms with E-state index < -0.39 is 26.7 Å². The third-order valence-corrected chi connectivity index (χ3v) is 7.15. The fourth-order valence-electron chi connectivity index (χ4n) is 1.94. The van der Waals surface area contributed by atoms with E-state index in [2.05, 4.69) is 21.1 Å². The van der Waals surface area contributed by atoms with Gasteiger partial charge in [-0.05, 0) is 25.7 Å². The van der Waals surface area contributed by atoms with Crippen LogP contribution in [-0.4, -0.2) is 61.9 Å². The summed E-state index contributed by atoms with van der Waals surface area (Å²) in [5.41, 5.74) is 0. The minimum atomic E-state index is -5.30. The zero-order valence-electron chi connectivity index (χ0n) is 12.8. The predicted octanol–water partition coefficient (Wildman–Crippen LogP) is 1.03. The van der Waals surface area contributed by atoms with Gasteiger partial charge in [0.2, 0.25) is 0 Å². The van der Waals surface area contributed by atoms with Gasteiger partial charge in [-0.1, -0.05) is 12.8 Å². The van der Waals surface area contributed by atoms with Gasteiger partial charge in [-0.2, -0.15) is 0 Å². The fraction of sp³-hybridized carbons (Fsp3) is 1.00. The molecule has 0 aliphatic carbocycles. The Balaban J connectivity index is 4.20. The molecule has 0 aromatic carbocycles. The summed E-state index contributed by atoms with van der Waals surface area (Å²) in [4.78, 5) is 35.9. The lowest BCUT2D eigenvalue weighted by Crippen LogP contribution is -2.35. The van der Waals surface area contributed by atoms with Gasteiger partial charge in [-0.15, -0.1) is 0 Å². The van der Waals surface area contributed by atoms with Crippen LogP contribution in [0.15, 0.2) is 0 Å². The molecule has 21 heavy (non-hydrogen) atoms. The first-order valence-electron chi connectivity index (χ1n) is 6.85. The molecular weight excluding hydrogens is 320 g/mol. The average Bonchev–Trinajstić information content (AvgIpc) is 2.22. The van der Waals surface area contributed by atoms with Crippen molar-refractivity contribution in [1.29, 1.82) is 0 Å². The van der Waals surface area contributed by atoms with Crippen molar-refractivity contribution in [3.05, 3.63) is 0 Å². The first-order chi connectivity index (χ1) is 9.21. The van der Waals surface area contributed by atoms with E-state index in [-0.39, 0.29) is 6.42 Å². The van der Waals surface area contributed by atoms with Crippen LogP contribution in [0.5, 0.6) is 0 Å². The van der Waals surface area contributed by atoms with Gasteiger partial charge in [0.1, 0.15) is 0 Å². The van der Waals surface area contributed by atoms with Crippen LogP contribution in [0.1, 0.15) is 38.5 Å². The summed E-state index contributed by atoms with van der Waals surface area (Å²) in [5, 5.41) is 6.40. The van der Waals surface area contributed by atoms with Crippen LogP contribution in [0.3, 0.4) is 0 Å². The van der Waals surface area contributed by atoms with Crippen molar-refractivity contribution in [2.24, 2.45) is 0 Å². The number of rotatable bonds is 10. The summed E-state index contributed by atoms with van der Waals surface area (Å²) < 4.78 is 23.1. The van der Waals surface area contributed by atoms with Gasteiger partial charge in [-0.3, -0.25) is 9.13 Å². The highest BCUT2D eigenvalue weighted by molar-refractivity contribution is 7.72. The van der Waals surface area contributed by atoms with Crippen LogP contribution >= 0.6 is 15.2 Å². The number of unbranched alkanes of at least 4 members (excludes halogenated alkanes) is 4. The number of aliphatic hydroxyl groups is 1. The zero-order valence-corrected chi connectivity index (χ0v) is 14.6. The molecule has 0 bridgehead atoms. The second-order valence-electron chi connectivity index (χ2n) is 6.39. The Morgan fingerprint density at radius 3 is 1.57 bits per heavy atom. The average molecular weight is 348 g/mol. The Morgan fingerprint density at radius 2 is 1.19 bits per heavy atom. The highest BCUT2D eigenvalue weighted by atomic mass is 31.2. The Labute approximate surface area is 125 Å². The molecule has 5 N–H and O–H groups in total. The minimum Gasteiger partial charge on any atom is -0.368 e. The summed E-state index contributed by atoms with van der Waals surface area (Å²) >= 11 is 0. The lowest BCUT2D eigenvalue weighted by molar-refractivity contribution is -0.870. The molecular formula is C11H28NO7P2+. The highest BCUT2D eigenvalue weighted by Gasteiger charge is 2.58. The van der Waals surface area contributed by atoms with Gasteiger partial charge < -0.3 is 29.2 Å². The van der Waals surface area contributed by atoms with Gasteiger partial charge in [0.15, 0.2) is 0 Å². The van der Waals surface area contributed by atoms with Crippen molar-refractivity contribution in [2.75, 3.05) is 27.7 Å². The molecule has 0 aliphatic rings. The molecule has 10 heteroatoms. The number of nitrogens with zero attached hydrogens (tertiary/aromatic N) is 1. The zero-order chi connectivity index (χ0) is 16.9. The number of hydrogen-bond donors (Lipinski definition) is 5. The van der Waals surface area contributed by atoms with Crippen LogP contribution in [0, 0.1) is 0 Å².